The van der Waals surface area contributed by atoms with Crippen molar-refractivity contribution in [2.24, 2.45) is 28.1 Å². The third-order valence-electron chi connectivity index (χ3n) is 4.50. The zero-order chi connectivity index (χ0) is 15.2. The maximum atomic E-state index is 6.42. The second kappa shape index (κ2) is 5.06. The van der Waals surface area contributed by atoms with Crippen molar-refractivity contribution in [1.82, 2.24) is 0 Å². The van der Waals surface area contributed by atoms with Crippen LogP contribution in [-0.4, -0.2) is 12.2 Å². The molecule has 1 aliphatic rings. The van der Waals surface area contributed by atoms with Gasteiger partial charge in [-0.25, -0.2) is 0 Å². The molecule has 0 aromatic rings. The van der Waals surface area contributed by atoms with Gasteiger partial charge in [0.1, 0.15) is 0 Å². The lowest BCUT2D eigenvalue weighted by Crippen LogP contribution is -2.40. The molecule has 0 spiro atoms. The van der Waals surface area contributed by atoms with Crippen LogP contribution in [0.25, 0.3) is 0 Å². The van der Waals surface area contributed by atoms with Crippen molar-refractivity contribution in [2.75, 3.05) is 0 Å². The molecule has 1 heteroatoms. The summed E-state index contributed by atoms with van der Waals surface area (Å²) in [7, 11) is 0. The molecule has 19 heavy (non-hydrogen) atoms. The van der Waals surface area contributed by atoms with E-state index in [1.165, 1.54) is 0 Å². The fourth-order valence-electron chi connectivity index (χ4n) is 4.09. The first-order valence-corrected chi connectivity index (χ1v) is 7.89. The van der Waals surface area contributed by atoms with E-state index in [2.05, 4.69) is 69.2 Å². The number of ether oxygens (including phenoxy) is 1. The summed E-state index contributed by atoms with van der Waals surface area (Å²) in [4.78, 5) is 0. The van der Waals surface area contributed by atoms with Crippen LogP contribution < -0.4 is 0 Å². The second-order valence-electron chi connectivity index (χ2n) is 9.93. The van der Waals surface area contributed by atoms with Gasteiger partial charge in [-0.15, -0.1) is 0 Å². The SMILES string of the molecule is CC1OC(CC(C)(C)C)C(C(C)(C)C)C1C(C)(C)C. The Kier molecular flexibility index (Phi) is 4.53. The first kappa shape index (κ1) is 17.0. The summed E-state index contributed by atoms with van der Waals surface area (Å²) in [6.45, 7) is 23.5. The van der Waals surface area contributed by atoms with Gasteiger partial charge in [-0.05, 0) is 41.4 Å². The standard InChI is InChI=1S/C18H36O/c1-12-14(17(5,6)7)15(18(8,9)10)13(19-12)11-16(2,3)4/h12-15H,11H2,1-10H3. The minimum absolute atomic E-state index is 0.304. The Hall–Kier alpha value is -0.0400. The molecule has 1 saturated heterocycles. The highest BCUT2D eigenvalue weighted by Crippen LogP contribution is 2.52. The monoisotopic (exact) mass is 268 g/mol. The normalized spacial score (nSPS) is 33.8. The Morgan fingerprint density at radius 1 is 0.737 bits per heavy atom. The predicted molar refractivity (Wildman–Crippen MR) is 84.3 cm³/mol. The van der Waals surface area contributed by atoms with Crippen LogP contribution in [0.3, 0.4) is 0 Å². The molecular weight excluding hydrogens is 232 g/mol. The Morgan fingerprint density at radius 2 is 1.16 bits per heavy atom. The molecule has 0 aromatic heterocycles. The average Bonchev–Trinajstić information content (AvgIpc) is 2.36. The summed E-state index contributed by atoms with van der Waals surface area (Å²) in [5.41, 5.74) is 0.948. The summed E-state index contributed by atoms with van der Waals surface area (Å²) in [5, 5.41) is 0. The molecule has 1 heterocycles. The lowest BCUT2D eigenvalue weighted by Gasteiger charge is -2.42. The number of hydrogen-bond acceptors (Lipinski definition) is 1. The van der Waals surface area contributed by atoms with Crippen LogP contribution in [0.1, 0.15) is 75.7 Å². The quantitative estimate of drug-likeness (QED) is 0.607. The van der Waals surface area contributed by atoms with Gasteiger partial charge >= 0.3 is 0 Å². The van der Waals surface area contributed by atoms with Crippen molar-refractivity contribution < 1.29 is 4.74 Å². The van der Waals surface area contributed by atoms with Gasteiger partial charge < -0.3 is 4.74 Å². The van der Waals surface area contributed by atoms with Gasteiger partial charge in [0.05, 0.1) is 12.2 Å². The van der Waals surface area contributed by atoms with Gasteiger partial charge in [-0.1, -0.05) is 62.3 Å². The molecule has 1 nitrogen and oxygen atoms in total. The van der Waals surface area contributed by atoms with Gasteiger partial charge in [0.15, 0.2) is 0 Å². The summed E-state index contributed by atoms with van der Waals surface area (Å²) < 4.78 is 6.42. The van der Waals surface area contributed by atoms with Crippen molar-refractivity contribution >= 4 is 0 Å². The van der Waals surface area contributed by atoms with Crippen molar-refractivity contribution in [2.45, 2.75) is 87.9 Å². The zero-order valence-corrected chi connectivity index (χ0v) is 14.9. The summed E-state index contributed by atoms with van der Waals surface area (Å²) in [6.07, 6.45) is 1.93. The summed E-state index contributed by atoms with van der Waals surface area (Å²) in [5.74, 6) is 1.28. The van der Waals surface area contributed by atoms with E-state index in [1.54, 1.807) is 0 Å². The molecule has 114 valence electrons. The Balaban J connectivity index is 3.08. The molecular formula is C18H36O. The largest absolute Gasteiger partial charge is 0.375 e. The van der Waals surface area contributed by atoms with E-state index in [9.17, 15) is 0 Å². The van der Waals surface area contributed by atoms with Crippen LogP contribution >= 0.6 is 0 Å². The van der Waals surface area contributed by atoms with Crippen LogP contribution in [-0.2, 0) is 4.74 Å². The van der Waals surface area contributed by atoms with E-state index < -0.39 is 0 Å². The highest BCUT2D eigenvalue weighted by molar-refractivity contribution is 4.99. The maximum Gasteiger partial charge on any atom is 0.0620 e. The lowest BCUT2D eigenvalue weighted by atomic mass is 9.61. The van der Waals surface area contributed by atoms with Crippen molar-refractivity contribution in [3.63, 3.8) is 0 Å². The van der Waals surface area contributed by atoms with Crippen molar-refractivity contribution in [3.8, 4) is 0 Å². The second-order valence-corrected chi connectivity index (χ2v) is 9.93. The van der Waals surface area contributed by atoms with Crippen LogP contribution in [0.15, 0.2) is 0 Å². The maximum absolute atomic E-state index is 6.42. The highest BCUT2D eigenvalue weighted by Gasteiger charge is 2.52. The zero-order valence-electron chi connectivity index (χ0n) is 14.9. The van der Waals surface area contributed by atoms with Gasteiger partial charge in [0, 0.05) is 0 Å². The predicted octanol–water partition coefficient (Wildman–Crippen LogP) is 5.53. The van der Waals surface area contributed by atoms with E-state index in [1.807, 2.05) is 0 Å². The van der Waals surface area contributed by atoms with Crippen molar-refractivity contribution in [3.05, 3.63) is 0 Å². The number of hydrogen-bond donors (Lipinski definition) is 0. The van der Waals surface area contributed by atoms with E-state index in [-0.39, 0.29) is 0 Å². The third-order valence-corrected chi connectivity index (χ3v) is 4.50. The Labute approximate surface area is 121 Å². The first-order chi connectivity index (χ1) is 8.23. The summed E-state index contributed by atoms with van der Waals surface area (Å²) >= 11 is 0. The molecule has 0 aliphatic carbocycles. The molecule has 0 saturated carbocycles. The van der Waals surface area contributed by atoms with E-state index in [4.69, 9.17) is 4.74 Å². The van der Waals surface area contributed by atoms with E-state index >= 15 is 0 Å². The van der Waals surface area contributed by atoms with Crippen LogP contribution in [0.2, 0.25) is 0 Å². The molecule has 4 atom stereocenters. The molecule has 1 aliphatic heterocycles. The third kappa shape index (κ3) is 4.21. The minimum Gasteiger partial charge on any atom is -0.375 e. The molecule has 1 fully saturated rings. The highest BCUT2D eigenvalue weighted by atomic mass is 16.5. The lowest BCUT2D eigenvalue weighted by molar-refractivity contribution is 0.000493. The molecule has 4 unspecified atom stereocenters. The van der Waals surface area contributed by atoms with Crippen molar-refractivity contribution in [1.29, 1.82) is 0 Å². The van der Waals surface area contributed by atoms with Gasteiger partial charge in [-0.2, -0.15) is 0 Å². The van der Waals surface area contributed by atoms with Gasteiger partial charge in [0.25, 0.3) is 0 Å². The molecule has 0 N–H and O–H groups in total. The average molecular weight is 268 g/mol. The van der Waals surface area contributed by atoms with E-state index in [0.717, 1.165) is 6.42 Å². The number of rotatable bonds is 1. The van der Waals surface area contributed by atoms with E-state index in [0.29, 0.717) is 40.3 Å². The molecule has 0 radical (unpaired) electrons. The smallest absolute Gasteiger partial charge is 0.0620 e. The fraction of sp³-hybridized carbons (Fsp3) is 1.00. The topological polar surface area (TPSA) is 9.23 Å². The molecule has 1 rings (SSSR count). The van der Waals surface area contributed by atoms with Crippen LogP contribution in [0, 0.1) is 28.1 Å². The molecule has 0 bridgehead atoms. The van der Waals surface area contributed by atoms with Gasteiger partial charge in [0.2, 0.25) is 0 Å². The first-order valence-electron chi connectivity index (χ1n) is 7.89. The summed E-state index contributed by atoms with van der Waals surface area (Å²) in [6, 6.07) is 0. The van der Waals surface area contributed by atoms with Crippen LogP contribution in [0.5, 0.6) is 0 Å². The minimum atomic E-state index is 0.304. The van der Waals surface area contributed by atoms with Crippen LogP contribution in [0.4, 0.5) is 0 Å². The Bertz CT molecular complexity index is 297. The van der Waals surface area contributed by atoms with Gasteiger partial charge in [-0.3, -0.25) is 0 Å². The molecule has 0 amide bonds. The fourth-order valence-corrected chi connectivity index (χ4v) is 4.09. The Morgan fingerprint density at radius 3 is 1.47 bits per heavy atom. The molecule has 0 aromatic carbocycles.